The fourth-order valence-corrected chi connectivity index (χ4v) is 1.61. The van der Waals surface area contributed by atoms with Crippen molar-refractivity contribution in [2.75, 3.05) is 11.9 Å². The van der Waals surface area contributed by atoms with Crippen molar-refractivity contribution in [2.24, 2.45) is 0 Å². The molecule has 3 nitrogen and oxygen atoms in total. The van der Waals surface area contributed by atoms with Gasteiger partial charge >= 0.3 is 12.1 Å². The maximum atomic E-state index is 12.8. The number of anilines is 1. The highest BCUT2D eigenvalue weighted by atomic mass is 19.4. The summed E-state index contributed by atoms with van der Waals surface area (Å²) >= 11 is 0. The molecule has 1 unspecified atom stereocenters. The highest BCUT2D eigenvalue weighted by molar-refractivity contribution is 5.79. The lowest BCUT2D eigenvalue weighted by molar-refractivity contribution is -0.144. The van der Waals surface area contributed by atoms with E-state index in [0.29, 0.717) is 6.42 Å². The van der Waals surface area contributed by atoms with Crippen LogP contribution in [0, 0.1) is 0 Å². The minimum atomic E-state index is -4.46. The number of nitrogens with one attached hydrogen (secondary N) is 1. The molecule has 1 aromatic carbocycles. The molecule has 1 N–H and O–H groups in total. The molecule has 0 fully saturated rings. The normalized spacial score (nSPS) is 12.9. The molecule has 0 amide bonds. The van der Waals surface area contributed by atoms with Gasteiger partial charge in [-0.05, 0) is 25.5 Å². The van der Waals surface area contributed by atoms with E-state index in [-0.39, 0.29) is 12.3 Å². The SMILES string of the molecule is CCOC(=O)C(CC)Nc1ccccc1C(F)(F)F. The third kappa shape index (κ3) is 4.15. The van der Waals surface area contributed by atoms with Crippen molar-refractivity contribution in [3.63, 3.8) is 0 Å². The third-order valence-corrected chi connectivity index (χ3v) is 2.54. The first-order valence-electron chi connectivity index (χ1n) is 5.99. The topological polar surface area (TPSA) is 38.3 Å². The van der Waals surface area contributed by atoms with Gasteiger partial charge in [-0.15, -0.1) is 0 Å². The van der Waals surface area contributed by atoms with E-state index in [1.54, 1.807) is 13.8 Å². The summed E-state index contributed by atoms with van der Waals surface area (Å²) in [6.45, 7) is 3.54. The first kappa shape index (κ1) is 15.3. The predicted octanol–water partition coefficient (Wildman–Crippen LogP) is 3.46. The van der Waals surface area contributed by atoms with Gasteiger partial charge < -0.3 is 10.1 Å². The van der Waals surface area contributed by atoms with E-state index in [0.717, 1.165) is 6.07 Å². The number of rotatable bonds is 5. The lowest BCUT2D eigenvalue weighted by atomic mass is 10.1. The van der Waals surface area contributed by atoms with Crippen molar-refractivity contribution >= 4 is 11.7 Å². The number of carbonyl (C=O) groups excluding carboxylic acids is 1. The van der Waals surface area contributed by atoms with Crippen LogP contribution in [0.25, 0.3) is 0 Å². The zero-order valence-corrected chi connectivity index (χ0v) is 10.8. The van der Waals surface area contributed by atoms with Crippen molar-refractivity contribution in [2.45, 2.75) is 32.5 Å². The first-order valence-corrected chi connectivity index (χ1v) is 5.99. The Morgan fingerprint density at radius 2 is 1.95 bits per heavy atom. The second kappa shape index (κ2) is 6.45. The summed E-state index contributed by atoms with van der Waals surface area (Å²) in [7, 11) is 0. The Kier molecular flexibility index (Phi) is 5.20. The minimum Gasteiger partial charge on any atom is -0.464 e. The second-order valence-corrected chi connectivity index (χ2v) is 3.90. The van der Waals surface area contributed by atoms with E-state index in [2.05, 4.69) is 5.32 Å². The van der Waals surface area contributed by atoms with Crippen LogP contribution < -0.4 is 5.32 Å². The highest BCUT2D eigenvalue weighted by Gasteiger charge is 2.34. The molecule has 0 saturated carbocycles. The molecule has 1 atom stereocenters. The van der Waals surface area contributed by atoms with Gasteiger partial charge in [0, 0.05) is 5.69 Å². The van der Waals surface area contributed by atoms with E-state index in [9.17, 15) is 18.0 Å². The molecule has 0 saturated heterocycles. The number of hydrogen-bond donors (Lipinski definition) is 1. The summed E-state index contributed by atoms with van der Waals surface area (Å²) in [5.74, 6) is -0.554. The Labute approximate surface area is 109 Å². The number of carbonyl (C=O) groups is 1. The Balaban J connectivity index is 2.95. The number of esters is 1. The quantitative estimate of drug-likeness (QED) is 0.836. The van der Waals surface area contributed by atoms with Crippen molar-refractivity contribution in [3.8, 4) is 0 Å². The van der Waals surface area contributed by atoms with Gasteiger partial charge in [0.25, 0.3) is 0 Å². The van der Waals surface area contributed by atoms with Crippen LogP contribution in [0.4, 0.5) is 18.9 Å². The van der Waals surface area contributed by atoms with E-state index in [1.165, 1.54) is 18.2 Å². The maximum Gasteiger partial charge on any atom is 0.418 e. The smallest absolute Gasteiger partial charge is 0.418 e. The van der Waals surface area contributed by atoms with Crippen LogP contribution in [0.15, 0.2) is 24.3 Å². The minimum absolute atomic E-state index is 0.116. The molecular formula is C13H16F3NO2. The summed E-state index contributed by atoms with van der Waals surface area (Å²) in [6, 6.07) is 4.27. The summed E-state index contributed by atoms with van der Waals surface area (Å²) < 4.78 is 43.2. The van der Waals surface area contributed by atoms with Crippen molar-refractivity contribution in [1.29, 1.82) is 0 Å². The Morgan fingerprint density at radius 3 is 2.47 bits per heavy atom. The highest BCUT2D eigenvalue weighted by Crippen LogP contribution is 2.34. The van der Waals surface area contributed by atoms with E-state index < -0.39 is 23.8 Å². The van der Waals surface area contributed by atoms with Crippen molar-refractivity contribution < 1.29 is 22.7 Å². The zero-order chi connectivity index (χ0) is 14.5. The van der Waals surface area contributed by atoms with Gasteiger partial charge in [0.2, 0.25) is 0 Å². The molecule has 1 rings (SSSR count). The molecular weight excluding hydrogens is 259 g/mol. The van der Waals surface area contributed by atoms with E-state index in [1.807, 2.05) is 0 Å². The molecule has 0 heterocycles. The average Bonchev–Trinajstić information content (AvgIpc) is 2.35. The summed E-state index contributed by atoms with van der Waals surface area (Å²) in [4.78, 5) is 11.6. The van der Waals surface area contributed by atoms with Gasteiger partial charge in [0.05, 0.1) is 12.2 Å². The fourth-order valence-electron chi connectivity index (χ4n) is 1.61. The Morgan fingerprint density at radius 1 is 1.32 bits per heavy atom. The lowest BCUT2D eigenvalue weighted by Gasteiger charge is -2.20. The van der Waals surface area contributed by atoms with E-state index in [4.69, 9.17) is 4.74 Å². The average molecular weight is 275 g/mol. The largest absolute Gasteiger partial charge is 0.464 e. The van der Waals surface area contributed by atoms with Gasteiger partial charge in [-0.25, -0.2) is 4.79 Å². The molecule has 0 aliphatic heterocycles. The predicted molar refractivity (Wildman–Crippen MR) is 65.8 cm³/mol. The van der Waals surface area contributed by atoms with Gasteiger partial charge in [-0.2, -0.15) is 13.2 Å². The summed E-state index contributed by atoms with van der Waals surface area (Å²) in [5, 5.41) is 2.59. The Hall–Kier alpha value is -1.72. The molecule has 0 aliphatic rings. The molecule has 0 radical (unpaired) electrons. The molecule has 0 aromatic heterocycles. The van der Waals surface area contributed by atoms with Crippen LogP contribution >= 0.6 is 0 Å². The molecule has 6 heteroatoms. The second-order valence-electron chi connectivity index (χ2n) is 3.90. The van der Waals surface area contributed by atoms with Gasteiger partial charge in [-0.1, -0.05) is 19.1 Å². The molecule has 0 bridgehead atoms. The number of alkyl halides is 3. The van der Waals surface area contributed by atoms with Crippen LogP contribution in [0.5, 0.6) is 0 Å². The number of hydrogen-bond acceptors (Lipinski definition) is 3. The van der Waals surface area contributed by atoms with Crippen molar-refractivity contribution in [1.82, 2.24) is 0 Å². The third-order valence-electron chi connectivity index (χ3n) is 2.54. The van der Waals surface area contributed by atoms with Gasteiger partial charge in [-0.3, -0.25) is 0 Å². The Bertz CT molecular complexity index is 432. The van der Waals surface area contributed by atoms with Crippen LogP contribution in [-0.2, 0) is 15.7 Å². The molecule has 1 aromatic rings. The van der Waals surface area contributed by atoms with Crippen LogP contribution in [0.1, 0.15) is 25.8 Å². The summed E-state index contributed by atoms with van der Waals surface area (Å²) in [5.41, 5.74) is -0.910. The molecule has 19 heavy (non-hydrogen) atoms. The van der Waals surface area contributed by atoms with Crippen LogP contribution in [-0.4, -0.2) is 18.6 Å². The number of benzene rings is 1. The summed E-state index contributed by atoms with van der Waals surface area (Å²) in [6.07, 6.45) is -4.12. The maximum absolute atomic E-state index is 12.8. The zero-order valence-electron chi connectivity index (χ0n) is 10.8. The van der Waals surface area contributed by atoms with Crippen LogP contribution in [0.3, 0.4) is 0 Å². The lowest BCUT2D eigenvalue weighted by Crippen LogP contribution is -2.31. The monoisotopic (exact) mass is 275 g/mol. The van der Waals surface area contributed by atoms with Gasteiger partial charge in [0.1, 0.15) is 6.04 Å². The number of halogens is 3. The first-order chi connectivity index (χ1) is 8.90. The fraction of sp³-hybridized carbons (Fsp3) is 0.462. The standard InChI is InChI=1S/C13H16F3NO2/c1-3-10(12(18)19-4-2)17-11-8-6-5-7-9(11)13(14,15)16/h5-8,10,17H,3-4H2,1-2H3. The molecule has 0 aliphatic carbocycles. The van der Waals surface area contributed by atoms with Gasteiger partial charge in [0.15, 0.2) is 0 Å². The molecule has 0 spiro atoms. The number of ether oxygens (including phenoxy) is 1. The molecule has 106 valence electrons. The van der Waals surface area contributed by atoms with Crippen molar-refractivity contribution in [3.05, 3.63) is 29.8 Å². The number of para-hydroxylation sites is 1. The van der Waals surface area contributed by atoms with E-state index >= 15 is 0 Å². The van der Waals surface area contributed by atoms with Crippen LogP contribution in [0.2, 0.25) is 0 Å².